The average molecular weight is 202 g/mol. The van der Waals surface area contributed by atoms with Gasteiger partial charge in [0.15, 0.2) is 0 Å². The Morgan fingerprint density at radius 2 is 2.21 bits per heavy atom. The molecule has 0 unspecified atom stereocenters. The van der Waals surface area contributed by atoms with Crippen molar-refractivity contribution in [3.05, 3.63) is 23.9 Å². The Balaban J connectivity index is 2.72. The number of rotatable bonds is 4. The van der Waals surface area contributed by atoms with Gasteiger partial charge in [-0.15, -0.1) is 0 Å². The van der Waals surface area contributed by atoms with Gasteiger partial charge < -0.3 is 10.5 Å². The monoisotopic (exact) mass is 202 g/mol. The molecule has 0 saturated carbocycles. The quantitative estimate of drug-likeness (QED) is 0.809. The number of halogens is 2. The van der Waals surface area contributed by atoms with Gasteiger partial charge in [0.25, 0.3) is 6.43 Å². The fraction of sp³-hybridized carbons (Fsp3) is 0.444. The Kier molecular flexibility index (Phi) is 3.76. The summed E-state index contributed by atoms with van der Waals surface area (Å²) in [6.45, 7) is 2.31. The van der Waals surface area contributed by atoms with Crippen LogP contribution in [0.5, 0.6) is 5.88 Å². The first-order chi connectivity index (χ1) is 6.65. The van der Waals surface area contributed by atoms with Crippen LogP contribution in [0.15, 0.2) is 18.3 Å². The largest absolute Gasteiger partial charge is 0.478 e. The maximum Gasteiger partial charge on any atom is 0.257 e. The van der Waals surface area contributed by atoms with Crippen LogP contribution in [0.4, 0.5) is 8.78 Å². The van der Waals surface area contributed by atoms with Crippen LogP contribution in [0.3, 0.4) is 0 Å². The molecule has 5 heteroatoms. The van der Waals surface area contributed by atoms with Gasteiger partial charge in [0.05, 0.1) is 12.6 Å². The highest BCUT2D eigenvalue weighted by atomic mass is 19.3. The first kappa shape index (κ1) is 10.8. The predicted octanol–water partition coefficient (Wildman–Crippen LogP) is 1.75. The van der Waals surface area contributed by atoms with E-state index in [1.54, 1.807) is 0 Å². The van der Waals surface area contributed by atoms with E-state index >= 15 is 0 Å². The summed E-state index contributed by atoms with van der Waals surface area (Å²) in [4.78, 5) is 3.84. The number of hydrogen-bond donors (Lipinski definition) is 1. The van der Waals surface area contributed by atoms with E-state index in [2.05, 4.69) is 4.98 Å². The molecular formula is C9H12F2N2O. The van der Waals surface area contributed by atoms with E-state index in [4.69, 9.17) is 10.5 Å². The maximum absolute atomic E-state index is 12.2. The summed E-state index contributed by atoms with van der Waals surface area (Å²) in [6, 6.07) is 1.74. The van der Waals surface area contributed by atoms with E-state index in [-0.39, 0.29) is 0 Å². The third-order valence-corrected chi connectivity index (χ3v) is 1.71. The molecule has 1 rings (SSSR count). The van der Waals surface area contributed by atoms with Crippen LogP contribution < -0.4 is 10.5 Å². The van der Waals surface area contributed by atoms with Crippen LogP contribution in [0, 0.1) is 0 Å². The second kappa shape index (κ2) is 4.85. The molecule has 0 saturated heterocycles. The van der Waals surface area contributed by atoms with Crippen molar-refractivity contribution in [3.8, 4) is 5.88 Å². The zero-order valence-electron chi connectivity index (χ0n) is 7.78. The van der Waals surface area contributed by atoms with Crippen molar-refractivity contribution >= 4 is 0 Å². The number of alkyl halides is 2. The van der Waals surface area contributed by atoms with Crippen LogP contribution in [-0.4, -0.2) is 18.0 Å². The number of ether oxygens (including phenoxy) is 1. The van der Waals surface area contributed by atoms with E-state index in [0.29, 0.717) is 18.1 Å². The summed E-state index contributed by atoms with van der Waals surface area (Å²) < 4.78 is 29.4. The molecule has 14 heavy (non-hydrogen) atoms. The van der Waals surface area contributed by atoms with Crippen molar-refractivity contribution in [1.29, 1.82) is 0 Å². The molecule has 0 aliphatic heterocycles. The topological polar surface area (TPSA) is 48.1 Å². The summed E-state index contributed by atoms with van der Waals surface area (Å²) >= 11 is 0. The molecule has 0 spiro atoms. The molecule has 3 nitrogen and oxygen atoms in total. The zero-order valence-corrected chi connectivity index (χ0v) is 7.78. The van der Waals surface area contributed by atoms with Crippen molar-refractivity contribution in [2.45, 2.75) is 19.4 Å². The fourth-order valence-corrected chi connectivity index (χ4v) is 0.968. The second-order valence-electron chi connectivity index (χ2n) is 2.72. The van der Waals surface area contributed by atoms with Gasteiger partial charge in [0, 0.05) is 12.3 Å². The predicted molar refractivity (Wildman–Crippen MR) is 48.3 cm³/mol. The first-order valence-electron chi connectivity index (χ1n) is 4.27. The van der Waals surface area contributed by atoms with Crippen molar-refractivity contribution in [3.63, 3.8) is 0 Å². The molecule has 0 aromatic carbocycles. The van der Waals surface area contributed by atoms with Crippen LogP contribution in [0.2, 0.25) is 0 Å². The van der Waals surface area contributed by atoms with Gasteiger partial charge in [0.2, 0.25) is 5.88 Å². The lowest BCUT2D eigenvalue weighted by Crippen LogP contribution is -2.19. The summed E-state index contributed by atoms with van der Waals surface area (Å²) in [6.07, 6.45) is -1.27. The van der Waals surface area contributed by atoms with Gasteiger partial charge in [-0.2, -0.15) is 0 Å². The molecule has 2 N–H and O–H groups in total. The summed E-state index contributed by atoms with van der Waals surface area (Å²) in [7, 11) is 0. The molecule has 0 fully saturated rings. The fourth-order valence-electron chi connectivity index (χ4n) is 0.968. The van der Waals surface area contributed by atoms with E-state index in [1.165, 1.54) is 18.3 Å². The Bertz CT molecular complexity index is 277. The highest BCUT2D eigenvalue weighted by Gasteiger charge is 2.17. The minimum absolute atomic E-state index is 0.309. The van der Waals surface area contributed by atoms with Gasteiger partial charge >= 0.3 is 0 Å². The van der Waals surface area contributed by atoms with Gasteiger partial charge in [-0.1, -0.05) is 6.07 Å². The Morgan fingerprint density at radius 3 is 2.64 bits per heavy atom. The van der Waals surface area contributed by atoms with Gasteiger partial charge in [0.1, 0.15) is 0 Å². The van der Waals surface area contributed by atoms with E-state index < -0.39 is 12.5 Å². The average Bonchev–Trinajstić information content (AvgIpc) is 2.18. The molecule has 1 atom stereocenters. The maximum atomic E-state index is 12.2. The zero-order chi connectivity index (χ0) is 10.6. The molecule has 0 bridgehead atoms. The number of pyridine rings is 1. The third-order valence-electron chi connectivity index (χ3n) is 1.71. The van der Waals surface area contributed by atoms with Crippen LogP contribution in [0.1, 0.15) is 18.5 Å². The standard InChI is InChI=1S/C9H12F2N2O/c1-2-14-7-4-3-6(5-13-7)8(12)9(10)11/h3-5,8-9H,2,12H2,1H3/t8-/m1/s1. The Labute approximate surface area is 80.9 Å². The number of hydrogen-bond acceptors (Lipinski definition) is 3. The van der Waals surface area contributed by atoms with Crippen molar-refractivity contribution in [1.82, 2.24) is 4.98 Å². The lowest BCUT2D eigenvalue weighted by Gasteiger charge is -2.10. The summed E-state index contributed by atoms with van der Waals surface area (Å²) in [5.74, 6) is 0.415. The minimum atomic E-state index is -2.57. The summed E-state index contributed by atoms with van der Waals surface area (Å²) in [5, 5.41) is 0. The SMILES string of the molecule is CCOc1ccc([C@@H](N)C(F)F)cn1. The third kappa shape index (κ3) is 2.63. The van der Waals surface area contributed by atoms with Gasteiger partial charge in [-0.3, -0.25) is 0 Å². The number of nitrogens with zero attached hydrogens (tertiary/aromatic N) is 1. The Hall–Kier alpha value is -1.23. The van der Waals surface area contributed by atoms with E-state index in [0.717, 1.165) is 0 Å². The molecule has 0 radical (unpaired) electrons. The highest BCUT2D eigenvalue weighted by molar-refractivity contribution is 5.20. The number of nitrogens with two attached hydrogens (primary N) is 1. The first-order valence-corrected chi connectivity index (χ1v) is 4.27. The normalized spacial score (nSPS) is 12.9. The van der Waals surface area contributed by atoms with Gasteiger partial charge in [-0.05, 0) is 12.5 Å². The van der Waals surface area contributed by atoms with Crippen molar-refractivity contribution in [2.24, 2.45) is 5.73 Å². The lowest BCUT2D eigenvalue weighted by molar-refractivity contribution is 0.116. The van der Waals surface area contributed by atoms with Crippen LogP contribution >= 0.6 is 0 Å². The molecule has 1 aromatic heterocycles. The molecule has 0 aliphatic carbocycles. The molecule has 78 valence electrons. The minimum Gasteiger partial charge on any atom is -0.478 e. The van der Waals surface area contributed by atoms with Gasteiger partial charge in [-0.25, -0.2) is 13.8 Å². The molecule has 0 amide bonds. The van der Waals surface area contributed by atoms with E-state index in [1.807, 2.05) is 6.92 Å². The summed E-state index contributed by atoms with van der Waals surface area (Å²) in [5.41, 5.74) is 5.54. The highest BCUT2D eigenvalue weighted by Crippen LogP contribution is 2.18. The smallest absolute Gasteiger partial charge is 0.257 e. The van der Waals surface area contributed by atoms with Crippen molar-refractivity contribution < 1.29 is 13.5 Å². The van der Waals surface area contributed by atoms with Crippen LogP contribution in [0.25, 0.3) is 0 Å². The van der Waals surface area contributed by atoms with Crippen molar-refractivity contribution in [2.75, 3.05) is 6.61 Å². The molecule has 1 aromatic rings. The lowest BCUT2D eigenvalue weighted by atomic mass is 10.1. The molecule has 0 aliphatic rings. The Morgan fingerprint density at radius 1 is 1.50 bits per heavy atom. The molecular weight excluding hydrogens is 190 g/mol. The molecule has 1 heterocycles. The van der Waals surface area contributed by atoms with Crippen LogP contribution in [-0.2, 0) is 0 Å². The van der Waals surface area contributed by atoms with E-state index in [9.17, 15) is 8.78 Å². The second-order valence-corrected chi connectivity index (χ2v) is 2.72. The number of aromatic nitrogens is 1.